The number of nitrogens with one attached hydrogen (secondary N) is 1. The van der Waals surface area contributed by atoms with Gasteiger partial charge in [-0.1, -0.05) is 23.7 Å². The van der Waals surface area contributed by atoms with Gasteiger partial charge in [0.1, 0.15) is 18.0 Å². The lowest BCUT2D eigenvalue weighted by Crippen LogP contribution is -1.97. The molecular formula is C20H12ClFN4. The fourth-order valence-electron chi connectivity index (χ4n) is 2.87. The predicted molar refractivity (Wildman–Crippen MR) is 101 cm³/mol. The van der Waals surface area contributed by atoms with Gasteiger partial charge in [-0.15, -0.1) is 0 Å². The maximum atomic E-state index is 13.4. The van der Waals surface area contributed by atoms with Gasteiger partial charge in [-0.05, 0) is 47.5 Å². The lowest BCUT2D eigenvalue weighted by Gasteiger charge is -2.11. The summed E-state index contributed by atoms with van der Waals surface area (Å²) in [6, 6.07) is 12.5. The van der Waals surface area contributed by atoms with E-state index < -0.39 is 5.82 Å². The standard InChI is InChI=1S/C20H12ClFN4/c21-17-9-15(4-5-18(17)22)26-20-16-8-14(3-6-19(16)24-11-25-20)13-2-1-12(7-13)10-23/h1-6,8-9,11H,7H2,(H,24,25,26). The Kier molecular flexibility index (Phi) is 4.11. The Morgan fingerprint density at radius 1 is 1.12 bits per heavy atom. The van der Waals surface area contributed by atoms with E-state index in [9.17, 15) is 4.39 Å². The van der Waals surface area contributed by atoms with E-state index in [0.717, 1.165) is 27.6 Å². The van der Waals surface area contributed by atoms with Crippen LogP contribution in [0.3, 0.4) is 0 Å². The Morgan fingerprint density at radius 3 is 2.77 bits per heavy atom. The molecule has 0 unspecified atom stereocenters. The minimum absolute atomic E-state index is 0.0419. The van der Waals surface area contributed by atoms with Crippen LogP contribution >= 0.6 is 11.6 Å². The summed E-state index contributed by atoms with van der Waals surface area (Å²) in [4.78, 5) is 8.60. The van der Waals surface area contributed by atoms with Crippen LogP contribution in [0.4, 0.5) is 15.9 Å². The maximum absolute atomic E-state index is 13.4. The van der Waals surface area contributed by atoms with Crippen molar-refractivity contribution in [3.8, 4) is 6.07 Å². The number of allylic oxidation sites excluding steroid dienone is 4. The van der Waals surface area contributed by atoms with Gasteiger partial charge in [0.25, 0.3) is 0 Å². The predicted octanol–water partition coefficient (Wildman–Crippen LogP) is 5.40. The molecule has 1 N–H and O–H groups in total. The zero-order chi connectivity index (χ0) is 18.1. The van der Waals surface area contributed by atoms with Crippen molar-refractivity contribution in [3.05, 3.63) is 76.9 Å². The molecule has 1 aliphatic carbocycles. The molecule has 0 aliphatic heterocycles. The van der Waals surface area contributed by atoms with Gasteiger partial charge in [0.15, 0.2) is 0 Å². The maximum Gasteiger partial charge on any atom is 0.141 e. The molecule has 6 heteroatoms. The topological polar surface area (TPSA) is 61.6 Å². The fraction of sp³-hybridized carbons (Fsp3) is 0.0500. The Hall–Kier alpha value is -3.23. The molecule has 2 aromatic carbocycles. The van der Waals surface area contributed by atoms with E-state index in [1.807, 2.05) is 30.4 Å². The average Bonchev–Trinajstić information content (AvgIpc) is 3.14. The van der Waals surface area contributed by atoms with Crippen molar-refractivity contribution in [2.75, 3.05) is 5.32 Å². The zero-order valence-corrected chi connectivity index (χ0v) is 14.3. The first kappa shape index (κ1) is 16.2. The molecule has 0 bridgehead atoms. The van der Waals surface area contributed by atoms with Crippen LogP contribution in [-0.4, -0.2) is 9.97 Å². The lowest BCUT2D eigenvalue weighted by atomic mass is 10.0. The van der Waals surface area contributed by atoms with Crippen LogP contribution in [0.1, 0.15) is 12.0 Å². The van der Waals surface area contributed by atoms with E-state index in [0.29, 0.717) is 17.9 Å². The number of halogens is 2. The molecule has 0 saturated carbocycles. The first-order valence-corrected chi connectivity index (χ1v) is 8.29. The van der Waals surface area contributed by atoms with Crippen LogP contribution in [0.2, 0.25) is 5.02 Å². The number of nitrogens with zero attached hydrogens (tertiary/aromatic N) is 3. The van der Waals surface area contributed by atoms with Crippen LogP contribution in [0.15, 0.2) is 60.5 Å². The van der Waals surface area contributed by atoms with E-state index in [2.05, 4.69) is 21.4 Å². The molecule has 26 heavy (non-hydrogen) atoms. The monoisotopic (exact) mass is 362 g/mol. The second-order valence-corrected chi connectivity index (χ2v) is 6.29. The third-order valence-electron chi connectivity index (χ3n) is 4.20. The third kappa shape index (κ3) is 3.03. The zero-order valence-electron chi connectivity index (χ0n) is 13.5. The van der Waals surface area contributed by atoms with Gasteiger partial charge in [0.2, 0.25) is 0 Å². The molecule has 0 spiro atoms. The fourth-order valence-corrected chi connectivity index (χ4v) is 3.05. The summed E-state index contributed by atoms with van der Waals surface area (Å²) in [7, 11) is 0. The molecule has 1 heterocycles. The Morgan fingerprint density at radius 2 is 2.00 bits per heavy atom. The lowest BCUT2D eigenvalue weighted by molar-refractivity contribution is 0.628. The molecule has 0 amide bonds. The van der Waals surface area contributed by atoms with Gasteiger partial charge < -0.3 is 5.32 Å². The van der Waals surface area contributed by atoms with E-state index in [1.54, 1.807) is 6.07 Å². The second-order valence-electron chi connectivity index (χ2n) is 5.88. The van der Waals surface area contributed by atoms with Gasteiger partial charge in [-0.2, -0.15) is 5.26 Å². The number of anilines is 2. The van der Waals surface area contributed by atoms with Gasteiger partial charge in [0.05, 0.1) is 16.6 Å². The van der Waals surface area contributed by atoms with Crippen molar-refractivity contribution in [2.45, 2.75) is 6.42 Å². The molecule has 0 saturated heterocycles. The smallest absolute Gasteiger partial charge is 0.141 e. The number of hydrogen-bond donors (Lipinski definition) is 1. The molecule has 0 fully saturated rings. The Bertz CT molecular complexity index is 1130. The molecule has 0 radical (unpaired) electrons. The molecule has 4 nitrogen and oxygen atoms in total. The SMILES string of the molecule is N#CC1=CC=C(c2ccc3ncnc(Nc4ccc(F)c(Cl)c4)c3c2)C1. The summed E-state index contributed by atoms with van der Waals surface area (Å²) in [5.74, 6) is 0.132. The Balaban J connectivity index is 1.72. The molecule has 1 aliphatic rings. The first-order chi connectivity index (χ1) is 12.6. The summed E-state index contributed by atoms with van der Waals surface area (Å²) in [6.45, 7) is 0. The van der Waals surface area contributed by atoms with E-state index in [4.69, 9.17) is 16.9 Å². The van der Waals surface area contributed by atoms with Gasteiger partial charge in [0, 0.05) is 23.1 Å². The molecule has 4 rings (SSSR count). The highest BCUT2D eigenvalue weighted by Gasteiger charge is 2.12. The van der Waals surface area contributed by atoms with Crippen molar-refractivity contribution in [2.24, 2.45) is 0 Å². The molecular weight excluding hydrogens is 351 g/mol. The number of rotatable bonds is 3. The number of benzene rings is 2. The number of nitriles is 1. The molecule has 126 valence electrons. The summed E-state index contributed by atoms with van der Waals surface area (Å²) < 4.78 is 13.4. The van der Waals surface area contributed by atoms with E-state index in [1.165, 1.54) is 18.5 Å². The van der Waals surface area contributed by atoms with E-state index >= 15 is 0 Å². The highest BCUT2D eigenvalue weighted by molar-refractivity contribution is 6.31. The van der Waals surface area contributed by atoms with E-state index in [-0.39, 0.29) is 5.02 Å². The van der Waals surface area contributed by atoms with Gasteiger partial charge >= 0.3 is 0 Å². The van der Waals surface area contributed by atoms with Gasteiger partial charge in [-0.25, -0.2) is 14.4 Å². The average molecular weight is 363 g/mol. The number of fused-ring (bicyclic) bond motifs is 1. The van der Waals surface area contributed by atoms with Crippen LogP contribution in [0, 0.1) is 17.1 Å². The normalized spacial score (nSPS) is 13.3. The van der Waals surface area contributed by atoms with Crippen molar-refractivity contribution in [1.82, 2.24) is 9.97 Å². The molecule has 0 atom stereocenters. The highest BCUT2D eigenvalue weighted by atomic mass is 35.5. The second kappa shape index (κ2) is 6.58. The summed E-state index contributed by atoms with van der Waals surface area (Å²) >= 11 is 5.85. The minimum Gasteiger partial charge on any atom is -0.340 e. The summed E-state index contributed by atoms with van der Waals surface area (Å²) in [6.07, 6.45) is 5.88. The van der Waals surface area contributed by atoms with Crippen molar-refractivity contribution in [1.29, 1.82) is 5.26 Å². The minimum atomic E-state index is -0.471. The number of aromatic nitrogens is 2. The summed E-state index contributed by atoms with van der Waals surface area (Å²) in [5.41, 5.74) is 4.24. The van der Waals surface area contributed by atoms with Crippen LogP contribution in [0.5, 0.6) is 0 Å². The molecule has 3 aromatic rings. The molecule has 1 aromatic heterocycles. The van der Waals surface area contributed by atoms with Crippen molar-refractivity contribution < 1.29 is 4.39 Å². The van der Waals surface area contributed by atoms with Crippen LogP contribution in [0.25, 0.3) is 16.5 Å². The quantitative estimate of drug-likeness (QED) is 0.677. The Labute approximate surface area is 154 Å². The third-order valence-corrected chi connectivity index (χ3v) is 4.49. The van der Waals surface area contributed by atoms with Crippen molar-refractivity contribution >= 4 is 39.6 Å². The number of hydrogen-bond acceptors (Lipinski definition) is 4. The summed E-state index contributed by atoms with van der Waals surface area (Å²) in [5, 5.41) is 13.1. The van der Waals surface area contributed by atoms with Crippen LogP contribution < -0.4 is 5.32 Å². The largest absolute Gasteiger partial charge is 0.340 e. The van der Waals surface area contributed by atoms with Gasteiger partial charge in [-0.3, -0.25) is 0 Å². The van der Waals surface area contributed by atoms with Crippen molar-refractivity contribution in [3.63, 3.8) is 0 Å². The first-order valence-electron chi connectivity index (χ1n) is 7.91. The van der Waals surface area contributed by atoms with Crippen LogP contribution in [-0.2, 0) is 0 Å². The highest BCUT2D eigenvalue weighted by Crippen LogP contribution is 2.32.